The highest BCUT2D eigenvalue weighted by molar-refractivity contribution is 7.89. The lowest BCUT2D eigenvalue weighted by atomic mass is 10.1. The molecule has 9 heteroatoms. The van der Waals surface area contributed by atoms with Crippen molar-refractivity contribution < 1.29 is 13.2 Å². The van der Waals surface area contributed by atoms with Crippen molar-refractivity contribution in [2.75, 3.05) is 44.2 Å². The van der Waals surface area contributed by atoms with Crippen molar-refractivity contribution in [2.45, 2.75) is 44.6 Å². The van der Waals surface area contributed by atoms with Gasteiger partial charge in [-0.2, -0.15) is 4.31 Å². The van der Waals surface area contributed by atoms with Crippen LogP contribution in [0.1, 0.15) is 36.0 Å². The average molecular weight is 472 g/mol. The number of rotatable bonds is 5. The summed E-state index contributed by atoms with van der Waals surface area (Å²) >= 11 is 0. The summed E-state index contributed by atoms with van der Waals surface area (Å²) < 4.78 is 27.7. The van der Waals surface area contributed by atoms with E-state index >= 15 is 0 Å². The number of carbonyl (C=O) groups is 1. The molecule has 2 aromatic rings. The maximum atomic E-state index is 13.1. The van der Waals surface area contributed by atoms with Crippen molar-refractivity contribution in [1.29, 1.82) is 0 Å². The molecule has 2 fully saturated rings. The number of carbonyl (C=O) groups excluding carboxylic acids is 1. The first-order valence-electron chi connectivity index (χ1n) is 11.7. The number of pyridine rings is 1. The molecular formula is C24H33N5O3S. The third-order valence-corrected chi connectivity index (χ3v) is 8.48. The molecule has 0 bridgehead atoms. The number of piperidine rings is 1. The van der Waals surface area contributed by atoms with Crippen molar-refractivity contribution in [1.82, 2.24) is 19.5 Å². The number of anilines is 1. The van der Waals surface area contributed by atoms with E-state index in [0.717, 1.165) is 48.4 Å². The molecule has 2 amide bonds. The fourth-order valence-electron chi connectivity index (χ4n) is 4.50. The quantitative estimate of drug-likeness (QED) is 0.725. The summed E-state index contributed by atoms with van der Waals surface area (Å²) in [6.07, 6.45) is 5.38. The Hall–Kier alpha value is -2.65. The topological polar surface area (TPSA) is 85.8 Å². The molecule has 178 valence electrons. The normalized spacial score (nSPS) is 17.8. The molecule has 1 N–H and O–H groups in total. The maximum absolute atomic E-state index is 13.1. The molecule has 0 aliphatic carbocycles. The summed E-state index contributed by atoms with van der Waals surface area (Å²) in [6, 6.07) is 9.19. The highest BCUT2D eigenvalue weighted by Gasteiger charge is 2.31. The number of urea groups is 1. The first-order chi connectivity index (χ1) is 15.9. The Balaban J connectivity index is 1.34. The van der Waals surface area contributed by atoms with Crippen LogP contribution in [0.25, 0.3) is 0 Å². The third kappa shape index (κ3) is 5.30. The number of benzene rings is 1. The Morgan fingerprint density at radius 3 is 2.45 bits per heavy atom. The number of amides is 2. The molecule has 4 rings (SSSR count). The summed E-state index contributed by atoms with van der Waals surface area (Å²) in [6.45, 7) is 7.39. The first-order valence-corrected chi connectivity index (χ1v) is 13.1. The monoisotopic (exact) mass is 471 g/mol. The van der Waals surface area contributed by atoms with Gasteiger partial charge in [0.05, 0.1) is 4.90 Å². The number of hydrogen-bond acceptors (Lipinski definition) is 5. The van der Waals surface area contributed by atoms with E-state index in [-0.39, 0.29) is 19.1 Å². The molecule has 8 nitrogen and oxygen atoms in total. The van der Waals surface area contributed by atoms with Crippen molar-refractivity contribution in [3.8, 4) is 0 Å². The van der Waals surface area contributed by atoms with Crippen LogP contribution in [0.15, 0.2) is 41.4 Å². The van der Waals surface area contributed by atoms with Crippen LogP contribution in [0.5, 0.6) is 0 Å². The summed E-state index contributed by atoms with van der Waals surface area (Å²) in [5.74, 6) is 0.946. The molecule has 1 aromatic carbocycles. The van der Waals surface area contributed by atoms with Gasteiger partial charge in [-0.25, -0.2) is 18.2 Å². The zero-order valence-corrected chi connectivity index (χ0v) is 20.3. The molecule has 0 spiro atoms. The Kier molecular flexibility index (Phi) is 7.19. The lowest BCUT2D eigenvalue weighted by molar-refractivity contribution is 0.172. The highest BCUT2D eigenvalue weighted by atomic mass is 32.2. The smallest absolute Gasteiger partial charge is 0.317 e. The van der Waals surface area contributed by atoms with Crippen LogP contribution in [-0.2, 0) is 16.6 Å². The van der Waals surface area contributed by atoms with Gasteiger partial charge >= 0.3 is 6.03 Å². The summed E-state index contributed by atoms with van der Waals surface area (Å²) in [4.78, 5) is 21.7. The van der Waals surface area contributed by atoms with Crippen molar-refractivity contribution in [2.24, 2.45) is 0 Å². The fourth-order valence-corrected chi connectivity index (χ4v) is 6.23. The van der Waals surface area contributed by atoms with E-state index in [2.05, 4.69) is 15.2 Å². The summed E-state index contributed by atoms with van der Waals surface area (Å²) in [5.41, 5.74) is 2.65. The number of aryl methyl sites for hydroxylation is 2. The molecule has 2 aliphatic heterocycles. The molecule has 0 atom stereocenters. The van der Waals surface area contributed by atoms with E-state index in [9.17, 15) is 13.2 Å². The molecule has 1 aromatic heterocycles. The van der Waals surface area contributed by atoms with Crippen LogP contribution in [0.4, 0.5) is 10.6 Å². The van der Waals surface area contributed by atoms with E-state index in [0.29, 0.717) is 24.5 Å². The number of nitrogens with zero attached hydrogens (tertiary/aromatic N) is 4. The van der Waals surface area contributed by atoms with E-state index in [1.807, 2.05) is 38.1 Å². The minimum Gasteiger partial charge on any atom is -0.356 e. The van der Waals surface area contributed by atoms with Crippen LogP contribution in [-0.4, -0.2) is 67.9 Å². The molecule has 33 heavy (non-hydrogen) atoms. The van der Waals surface area contributed by atoms with E-state index < -0.39 is 10.0 Å². The van der Waals surface area contributed by atoms with Crippen LogP contribution < -0.4 is 10.2 Å². The van der Waals surface area contributed by atoms with Gasteiger partial charge in [0, 0.05) is 57.6 Å². The van der Waals surface area contributed by atoms with Gasteiger partial charge in [-0.15, -0.1) is 0 Å². The van der Waals surface area contributed by atoms with Gasteiger partial charge in [0.2, 0.25) is 10.0 Å². The van der Waals surface area contributed by atoms with E-state index in [4.69, 9.17) is 0 Å². The lowest BCUT2D eigenvalue weighted by Crippen LogP contribution is -2.53. The van der Waals surface area contributed by atoms with Crippen LogP contribution in [0.2, 0.25) is 0 Å². The molecule has 0 saturated carbocycles. The number of hydrogen-bond donors (Lipinski definition) is 1. The zero-order chi connectivity index (χ0) is 23.4. The summed E-state index contributed by atoms with van der Waals surface area (Å²) in [5, 5.41) is 3.00. The molecule has 0 unspecified atom stereocenters. The lowest BCUT2D eigenvalue weighted by Gasteiger charge is -2.34. The first kappa shape index (κ1) is 23.5. The number of nitrogens with one attached hydrogen (secondary N) is 1. The minimum absolute atomic E-state index is 0.174. The van der Waals surface area contributed by atoms with Gasteiger partial charge in [-0.1, -0.05) is 18.2 Å². The predicted molar refractivity (Wildman–Crippen MR) is 129 cm³/mol. The Morgan fingerprint density at radius 1 is 1.00 bits per heavy atom. The van der Waals surface area contributed by atoms with Gasteiger partial charge in [0.25, 0.3) is 0 Å². The van der Waals surface area contributed by atoms with Gasteiger partial charge in [-0.3, -0.25) is 0 Å². The van der Waals surface area contributed by atoms with Crippen molar-refractivity contribution in [3.05, 3.63) is 53.2 Å². The molecular weight excluding hydrogens is 438 g/mol. The Bertz CT molecular complexity index is 1090. The summed E-state index contributed by atoms with van der Waals surface area (Å²) in [7, 11) is -3.58. The van der Waals surface area contributed by atoms with Gasteiger partial charge in [0.15, 0.2) is 0 Å². The zero-order valence-electron chi connectivity index (χ0n) is 19.5. The number of piperazine rings is 1. The Morgan fingerprint density at radius 2 is 1.73 bits per heavy atom. The van der Waals surface area contributed by atoms with E-state index in [1.165, 1.54) is 10.7 Å². The number of aromatic nitrogens is 1. The second-order valence-electron chi connectivity index (χ2n) is 8.85. The van der Waals surface area contributed by atoms with Gasteiger partial charge in [-0.05, 0) is 56.4 Å². The standard InChI is InChI=1S/C24H33N5O3S/c1-19-8-9-20(2)22(17-19)33(31,32)29-15-13-28(14-16-29)24(30)26-18-21-7-6-10-25-23(21)27-11-4-3-5-12-27/h6-10,17H,3-5,11-16,18H2,1-2H3,(H,26,30). The Labute approximate surface area is 196 Å². The molecule has 2 aliphatic rings. The van der Waals surface area contributed by atoms with Crippen molar-refractivity contribution >= 4 is 21.9 Å². The molecule has 0 radical (unpaired) electrons. The van der Waals surface area contributed by atoms with E-state index in [1.54, 1.807) is 17.2 Å². The van der Waals surface area contributed by atoms with Crippen molar-refractivity contribution in [3.63, 3.8) is 0 Å². The average Bonchev–Trinajstić information content (AvgIpc) is 2.84. The molecule has 3 heterocycles. The van der Waals surface area contributed by atoms with Crippen LogP contribution in [0, 0.1) is 13.8 Å². The fraction of sp³-hybridized carbons (Fsp3) is 0.500. The SMILES string of the molecule is Cc1ccc(C)c(S(=O)(=O)N2CCN(C(=O)NCc3cccnc3N3CCCCC3)CC2)c1. The minimum atomic E-state index is -3.58. The van der Waals surface area contributed by atoms with Gasteiger partial charge in [0.1, 0.15) is 5.82 Å². The molecule has 2 saturated heterocycles. The van der Waals surface area contributed by atoms with Crippen LogP contribution in [0.3, 0.4) is 0 Å². The second-order valence-corrected chi connectivity index (χ2v) is 10.8. The van der Waals surface area contributed by atoms with Gasteiger partial charge < -0.3 is 15.1 Å². The predicted octanol–water partition coefficient (Wildman–Crippen LogP) is 2.90. The largest absolute Gasteiger partial charge is 0.356 e. The second kappa shape index (κ2) is 10.1. The third-order valence-electron chi connectivity index (χ3n) is 6.44. The maximum Gasteiger partial charge on any atom is 0.317 e. The highest BCUT2D eigenvalue weighted by Crippen LogP contribution is 2.23. The number of sulfonamides is 1. The van der Waals surface area contributed by atoms with Crippen LogP contribution >= 0.6 is 0 Å².